The quantitative estimate of drug-likeness (QED) is 0.723. The van der Waals surface area contributed by atoms with Gasteiger partial charge in [-0.1, -0.05) is 8.93 Å². The molecule has 0 aliphatic carbocycles. The first-order chi connectivity index (χ1) is 7.22. The number of nitrogens with two attached hydrogens (primary N) is 1. The molecule has 3 N–H and O–H groups in total. The van der Waals surface area contributed by atoms with E-state index in [4.69, 9.17) is 10.3 Å². The summed E-state index contributed by atoms with van der Waals surface area (Å²) in [7, 11) is 5.79. The Kier molecular flexibility index (Phi) is 7.05. The predicted octanol–water partition coefficient (Wildman–Crippen LogP) is 0.719. The van der Waals surface area contributed by atoms with Crippen molar-refractivity contribution < 1.29 is 9.63 Å². The molecule has 6 atom stereocenters. The molecule has 0 aromatic rings. The number of aliphatic hydroxyl groups is 1. The van der Waals surface area contributed by atoms with Gasteiger partial charge in [-0.3, -0.25) is 4.67 Å². The van der Waals surface area contributed by atoms with Crippen molar-refractivity contribution in [3.8, 4) is 0 Å². The van der Waals surface area contributed by atoms with Crippen molar-refractivity contribution in [2.24, 2.45) is 5.73 Å². The number of piperidine rings is 1. The minimum atomic E-state index is -0.417. The molecule has 0 spiro atoms. The fourth-order valence-corrected chi connectivity index (χ4v) is 4.02. The summed E-state index contributed by atoms with van der Waals surface area (Å²) in [5.74, 6) is 0. The summed E-state index contributed by atoms with van der Waals surface area (Å²) in [6, 6.07) is 0.297. The maximum absolute atomic E-state index is 9.62. The number of aliphatic hydroxyl groups excluding tert-OH is 1. The zero-order valence-electron chi connectivity index (χ0n) is 8.80. The highest BCUT2D eigenvalue weighted by molar-refractivity contribution is 8.01. The maximum atomic E-state index is 9.62. The third-order valence-corrected chi connectivity index (χ3v) is 5.07. The predicted molar refractivity (Wildman–Crippen MR) is 72.0 cm³/mol. The highest BCUT2D eigenvalue weighted by atomic mass is 32.0. The van der Waals surface area contributed by atoms with Crippen LogP contribution in [0.25, 0.3) is 0 Å². The fourth-order valence-electron chi connectivity index (χ4n) is 1.99. The van der Waals surface area contributed by atoms with Crippen LogP contribution in [0.15, 0.2) is 0 Å². The van der Waals surface area contributed by atoms with Crippen molar-refractivity contribution >= 4 is 26.8 Å². The van der Waals surface area contributed by atoms with Gasteiger partial charge in [0.2, 0.25) is 0 Å². The molecule has 1 rings (SSSR count). The van der Waals surface area contributed by atoms with Gasteiger partial charge in [-0.05, 0) is 27.7 Å². The third kappa shape index (κ3) is 4.13. The lowest BCUT2D eigenvalue weighted by Crippen LogP contribution is -2.46. The number of hydrogen-bond acceptors (Lipinski definition) is 4. The first-order valence-electron chi connectivity index (χ1n) is 5.19. The molecular formula is C8H21N2O2P3. The van der Waals surface area contributed by atoms with Crippen molar-refractivity contribution in [1.29, 1.82) is 0 Å². The molecule has 15 heavy (non-hydrogen) atoms. The summed E-state index contributed by atoms with van der Waals surface area (Å²) in [6.45, 7) is 1.42. The van der Waals surface area contributed by atoms with Crippen LogP contribution in [-0.4, -0.2) is 41.1 Å². The Morgan fingerprint density at radius 1 is 1.67 bits per heavy atom. The Morgan fingerprint density at radius 3 is 2.93 bits per heavy atom. The van der Waals surface area contributed by atoms with E-state index in [0.717, 1.165) is 19.4 Å². The lowest BCUT2D eigenvalue weighted by Gasteiger charge is -2.40. The topological polar surface area (TPSA) is 58.7 Å². The zero-order chi connectivity index (χ0) is 11.3. The van der Waals surface area contributed by atoms with E-state index < -0.39 is 6.10 Å². The maximum Gasteiger partial charge on any atom is 0.0770 e. The van der Waals surface area contributed by atoms with Crippen LogP contribution < -0.4 is 5.73 Å². The molecule has 0 saturated carbocycles. The van der Waals surface area contributed by atoms with Gasteiger partial charge >= 0.3 is 0 Å². The van der Waals surface area contributed by atoms with Gasteiger partial charge in [0.25, 0.3) is 0 Å². The second-order valence-corrected chi connectivity index (χ2v) is 5.71. The van der Waals surface area contributed by atoms with Crippen LogP contribution >= 0.6 is 26.8 Å². The highest BCUT2D eigenvalue weighted by Crippen LogP contribution is 2.37. The molecule has 1 aliphatic heterocycles. The Hall–Kier alpha value is 1.13. The van der Waals surface area contributed by atoms with Crippen LogP contribution in [0.2, 0.25) is 0 Å². The van der Waals surface area contributed by atoms with Gasteiger partial charge in [0.05, 0.1) is 12.2 Å². The molecule has 90 valence electrons. The normalized spacial score (nSPS) is 31.2. The van der Waals surface area contributed by atoms with Gasteiger partial charge in [-0.15, -0.1) is 0 Å². The number of nitrogens with zero attached hydrogens (tertiary/aromatic N) is 1. The van der Waals surface area contributed by atoms with Crippen LogP contribution in [-0.2, 0) is 4.52 Å². The average Bonchev–Trinajstić information content (AvgIpc) is 2.29. The van der Waals surface area contributed by atoms with Crippen LogP contribution in [0.4, 0.5) is 0 Å². The van der Waals surface area contributed by atoms with Gasteiger partial charge in [-0.2, -0.15) is 0 Å². The summed E-state index contributed by atoms with van der Waals surface area (Å²) in [6.07, 6.45) is 2.72. The molecular weight excluding hydrogens is 249 g/mol. The SMILES string of the molecule is NCC(O)C[C@@H]1[C@@H](OP)CCCN1PP. The largest absolute Gasteiger partial charge is 0.392 e. The molecule has 0 aromatic carbocycles. The van der Waals surface area contributed by atoms with Crippen molar-refractivity contribution in [3.63, 3.8) is 0 Å². The first-order valence-corrected chi connectivity index (χ1v) is 8.42. The Bertz CT molecular complexity index is 175. The summed E-state index contributed by atoms with van der Waals surface area (Å²) in [5, 5.41) is 9.62. The van der Waals surface area contributed by atoms with Crippen LogP contribution in [0.3, 0.4) is 0 Å². The summed E-state index contributed by atoms with van der Waals surface area (Å²) < 4.78 is 7.76. The van der Waals surface area contributed by atoms with E-state index in [1.54, 1.807) is 0 Å². The Labute approximate surface area is 97.9 Å². The molecule has 0 amide bonds. The Morgan fingerprint density at radius 2 is 2.40 bits per heavy atom. The molecule has 0 bridgehead atoms. The molecule has 0 aromatic heterocycles. The van der Waals surface area contributed by atoms with Crippen LogP contribution in [0.1, 0.15) is 19.3 Å². The van der Waals surface area contributed by atoms with Crippen LogP contribution in [0, 0.1) is 0 Å². The van der Waals surface area contributed by atoms with Crippen molar-refractivity contribution in [2.45, 2.75) is 37.5 Å². The van der Waals surface area contributed by atoms with E-state index in [-0.39, 0.29) is 6.10 Å². The molecule has 4 nitrogen and oxygen atoms in total. The summed E-state index contributed by atoms with van der Waals surface area (Å²) in [4.78, 5) is 0. The van der Waals surface area contributed by atoms with E-state index in [1.807, 2.05) is 0 Å². The second kappa shape index (κ2) is 7.45. The van der Waals surface area contributed by atoms with Crippen molar-refractivity contribution in [3.05, 3.63) is 0 Å². The number of rotatable bonds is 5. The molecule has 1 heterocycles. The molecule has 0 radical (unpaired) electrons. The smallest absolute Gasteiger partial charge is 0.0770 e. The van der Waals surface area contributed by atoms with Gasteiger partial charge in [0.1, 0.15) is 0 Å². The van der Waals surface area contributed by atoms with E-state index >= 15 is 0 Å². The Balaban J connectivity index is 2.57. The fraction of sp³-hybridized carbons (Fsp3) is 1.00. The minimum Gasteiger partial charge on any atom is -0.392 e. The van der Waals surface area contributed by atoms with Crippen molar-refractivity contribution in [2.75, 3.05) is 13.1 Å². The van der Waals surface area contributed by atoms with Crippen LogP contribution in [0.5, 0.6) is 0 Å². The molecule has 1 aliphatic rings. The third-order valence-electron chi connectivity index (χ3n) is 2.84. The number of hydrogen-bond donors (Lipinski definition) is 2. The molecule has 7 heteroatoms. The second-order valence-electron chi connectivity index (χ2n) is 3.83. The monoisotopic (exact) mass is 270 g/mol. The molecule has 4 unspecified atom stereocenters. The summed E-state index contributed by atoms with van der Waals surface area (Å²) in [5.41, 5.74) is 5.45. The van der Waals surface area contributed by atoms with Gasteiger partial charge < -0.3 is 15.4 Å². The lowest BCUT2D eigenvalue weighted by molar-refractivity contribution is 0.0528. The van der Waals surface area contributed by atoms with E-state index in [2.05, 4.69) is 23.1 Å². The molecule has 1 saturated heterocycles. The molecule has 1 fully saturated rings. The standard InChI is InChI=1S/C8H21N2O2P3/c9-5-6(11)4-7-8(12-13)2-1-3-10(7)15-14/h6-8,11,15H,1-5,9,13-14H2/t6?,7-,8+/m1/s1. The minimum absolute atomic E-state index is 0.206. The van der Waals surface area contributed by atoms with E-state index in [0.29, 0.717) is 27.4 Å². The first kappa shape index (κ1) is 14.2. The highest BCUT2D eigenvalue weighted by Gasteiger charge is 2.32. The average molecular weight is 270 g/mol. The summed E-state index contributed by atoms with van der Waals surface area (Å²) >= 11 is 0. The van der Waals surface area contributed by atoms with Gasteiger partial charge in [0, 0.05) is 28.6 Å². The lowest BCUT2D eigenvalue weighted by atomic mass is 9.96. The van der Waals surface area contributed by atoms with Gasteiger partial charge in [0.15, 0.2) is 0 Å². The van der Waals surface area contributed by atoms with E-state index in [9.17, 15) is 5.11 Å². The van der Waals surface area contributed by atoms with Gasteiger partial charge in [-0.25, -0.2) is 0 Å². The van der Waals surface area contributed by atoms with Crippen molar-refractivity contribution in [1.82, 2.24) is 4.67 Å². The zero-order valence-corrected chi connectivity index (χ0v) is 12.1. The van der Waals surface area contributed by atoms with E-state index in [1.165, 1.54) is 0 Å².